The first-order valence-electron chi connectivity index (χ1n) is 8.17. The number of amides is 1. The predicted octanol–water partition coefficient (Wildman–Crippen LogP) is 4.92. The maximum atomic E-state index is 11.6. The van der Waals surface area contributed by atoms with Crippen LogP contribution in [0.1, 0.15) is 60.8 Å². The number of hydrogen-bond acceptors (Lipinski definition) is 2. The van der Waals surface area contributed by atoms with Gasteiger partial charge in [0.05, 0.1) is 0 Å². The minimum Gasteiger partial charge on any atom is -0.507 e. The monoisotopic (exact) mass is 307 g/mol. The second-order valence-corrected chi connectivity index (χ2v) is 6.98. The number of aliphatic hydroxyl groups excluding tert-OH is 1. The van der Waals surface area contributed by atoms with Gasteiger partial charge in [0.2, 0.25) is 5.91 Å². The second kappa shape index (κ2) is 9.50. The highest BCUT2D eigenvalue weighted by molar-refractivity contribution is 5.75. The Hall–Kier alpha value is -1.51. The Morgan fingerprint density at radius 1 is 1.32 bits per heavy atom. The molecular weight excluding hydrogens is 274 g/mol. The summed E-state index contributed by atoms with van der Waals surface area (Å²) in [6.45, 7) is 16.9. The molecule has 0 aliphatic rings. The summed E-state index contributed by atoms with van der Waals surface area (Å²) in [5.74, 6) is 0.545. The fraction of sp³-hybridized carbons (Fsp3) is 0.632. The number of carbonyl (C=O) groups is 1. The molecule has 0 heterocycles. The molecule has 0 radical (unpaired) electrons. The number of aliphatic hydroxyl groups is 1. The van der Waals surface area contributed by atoms with Crippen LogP contribution < -0.4 is 5.32 Å². The molecule has 0 atom stereocenters. The van der Waals surface area contributed by atoms with Crippen LogP contribution in [0.4, 0.5) is 0 Å². The molecule has 0 aliphatic carbocycles. The molecule has 126 valence electrons. The number of nitrogens with one attached hydrogen (secondary N) is 1. The maximum Gasteiger partial charge on any atom is 0.220 e. The van der Waals surface area contributed by atoms with Crippen LogP contribution in [0.2, 0.25) is 0 Å². The van der Waals surface area contributed by atoms with Gasteiger partial charge in [0.25, 0.3) is 0 Å². The van der Waals surface area contributed by atoms with Crippen LogP contribution in [0.3, 0.4) is 0 Å². The highest BCUT2D eigenvalue weighted by Gasteiger charge is 2.21. The van der Waals surface area contributed by atoms with Crippen molar-refractivity contribution in [2.75, 3.05) is 6.54 Å². The third-order valence-electron chi connectivity index (χ3n) is 3.46. The second-order valence-electron chi connectivity index (χ2n) is 6.98. The van der Waals surface area contributed by atoms with Crippen molar-refractivity contribution in [3.8, 4) is 0 Å². The maximum absolute atomic E-state index is 11.6. The van der Waals surface area contributed by atoms with Gasteiger partial charge in [-0.1, -0.05) is 60.3 Å². The Morgan fingerprint density at radius 3 is 2.36 bits per heavy atom. The van der Waals surface area contributed by atoms with Gasteiger partial charge in [-0.2, -0.15) is 0 Å². The first-order chi connectivity index (χ1) is 10.1. The SMILES string of the molecule is C=C(/C(O)=C(\C=C\CCC(=O)NCCC)C(C)(C)C)C(C)C. The zero-order chi connectivity index (χ0) is 17.3. The van der Waals surface area contributed by atoms with Crippen molar-refractivity contribution in [3.63, 3.8) is 0 Å². The highest BCUT2D eigenvalue weighted by atomic mass is 16.3. The van der Waals surface area contributed by atoms with Crippen molar-refractivity contribution >= 4 is 5.91 Å². The molecule has 0 aromatic heterocycles. The number of rotatable bonds is 8. The van der Waals surface area contributed by atoms with Gasteiger partial charge < -0.3 is 10.4 Å². The number of allylic oxidation sites excluding steroid dienone is 4. The van der Waals surface area contributed by atoms with Gasteiger partial charge in [-0.15, -0.1) is 0 Å². The molecule has 0 saturated carbocycles. The Balaban J connectivity index is 4.90. The van der Waals surface area contributed by atoms with E-state index in [4.69, 9.17) is 0 Å². The molecule has 0 aromatic carbocycles. The molecule has 0 bridgehead atoms. The van der Waals surface area contributed by atoms with Crippen molar-refractivity contribution in [1.29, 1.82) is 0 Å². The summed E-state index contributed by atoms with van der Waals surface area (Å²) < 4.78 is 0. The van der Waals surface area contributed by atoms with Gasteiger partial charge in [-0.05, 0) is 35.3 Å². The van der Waals surface area contributed by atoms with E-state index in [9.17, 15) is 9.90 Å². The average molecular weight is 307 g/mol. The summed E-state index contributed by atoms with van der Waals surface area (Å²) in [4.78, 5) is 11.6. The van der Waals surface area contributed by atoms with Crippen molar-refractivity contribution < 1.29 is 9.90 Å². The lowest BCUT2D eigenvalue weighted by atomic mass is 9.82. The first kappa shape index (κ1) is 20.5. The van der Waals surface area contributed by atoms with E-state index >= 15 is 0 Å². The van der Waals surface area contributed by atoms with Gasteiger partial charge in [-0.3, -0.25) is 4.79 Å². The summed E-state index contributed by atoms with van der Waals surface area (Å²) >= 11 is 0. The molecule has 22 heavy (non-hydrogen) atoms. The van der Waals surface area contributed by atoms with Crippen molar-refractivity contribution in [2.24, 2.45) is 11.3 Å². The smallest absolute Gasteiger partial charge is 0.220 e. The lowest BCUT2D eigenvalue weighted by Crippen LogP contribution is -2.23. The van der Waals surface area contributed by atoms with Gasteiger partial charge in [0.1, 0.15) is 5.76 Å². The third kappa shape index (κ3) is 7.48. The summed E-state index contributed by atoms with van der Waals surface area (Å²) in [7, 11) is 0. The topological polar surface area (TPSA) is 49.3 Å². The highest BCUT2D eigenvalue weighted by Crippen LogP contribution is 2.32. The van der Waals surface area contributed by atoms with Crippen molar-refractivity contribution in [3.05, 3.63) is 35.6 Å². The molecule has 0 spiro atoms. The Labute approximate surface area is 136 Å². The Kier molecular flexibility index (Phi) is 8.84. The molecule has 0 aromatic rings. The van der Waals surface area contributed by atoms with E-state index < -0.39 is 0 Å². The molecule has 0 unspecified atom stereocenters. The first-order valence-corrected chi connectivity index (χ1v) is 8.17. The van der Waals surface area contributed by atoms with Crippen LogP contribution in [0.15, 0.2) is 35.6 Å². The van der Waals surface area contributed by atoms with Crippen molar-refractivity contribution in [1.82, 2.24) is 5.32 Å². The van der Waals surface area contributed by atoms with E-state index in [2.05, 4.69) is 32.7 Å². The van der Waals surface area contributed by atoms with Crippen LogP contribution in [0.5, 0.6) is 0 Å². The minimum absolute atomic E-state index is 0.0728. The molecule has 0 rings (SSSR count). The molecule has 0 fully saturated rings. The fourth-order valence-corrected chi connectivity index (χ4v) is 1.90. The molecule has 3 nitrogen and oxygen atoms in total. The van der Waals surface area contributed by atoms with E-state index in [1.807, 2.05) is 32.9 Å². The van der Waals surface area contributed by atoms with E-state index in [1.165, 1.54) is 0 Å². The van der Waals surface area contributed by atoms with E-state index in [-0.39, 0.29) is 23.0 Å². The summed E-state index contributed by atoms with van der Waals surface area (Å²) in [5.41, 5.74) is 1.43. The van der Waals surface area contributed by atoms with E-state index in [0.29, 0.717) is 12.8 Å². The van der Waals surface area contributed by atoms with Crippen LogP contribution in [0, 0.1) is 11.3 Å². The zero-order valence-electron chi connectivity index (χ0n) is 15.1. The normalized spacial score (nSPS) is 13.4. The van der Waals surface area contributed by atoms with Gasteiger partial charge in [0, 0.05) is 13.0 Å². The predicted molar refractivity (Wildman–Crippen MR) is 94.8 cm³/mol. The zero-order valence-corrected chi connectivity index (χ0v) is 15.1. The van der Waals surface area contributed by atoms with Crippen LogP contribution >= 0.6 is 0 Å². The molecule has 0 saturated heterocycles. The molecule has 2 N–H and O–H groups in total. The van der Waals surface area contributed by atoms with Crippen LogP contribution in [-0.4, -0.2) is 17.6 Å². The summed E-state index contributed by atoms with van der Waals surface area (Å²) in [6, 6.07) is 0. The van der Waals surface area contributed by atoms with E-state index in [1.54, 1.807) is 0 Å². The largest absolute Gasteiger partial charge is 0.507 e. The van der Waals surface area contributed by atoms with Crippen LogP contribution in [0.25, 0.3) is 0 Å². The van der Waals surface area contributed by atoms with Gasteiger partial charge >= 0.3 is 0 Å². The van der Waals surface area contributed by atoms with Crippen LogP contribution in [-0.2, 0) is 4.79 Å². The summed E-state index contributed by atoms with van der Waals surface area (Å²) in [6.07, 6.45) is 5.96. The lowest BCUT2D eigenvalue weighted by molar-refractivity contribution is -0.121. The Morgan fingerprint density at radius 2 is 1.91 bits per heavy atom. The molecular formula is C19H33NO2. The lowest BCUT2D eigenvalue weighted by Gasteiger charge is -2.23. The Bertz CT molecular complexity index is 437. The van der Waals surface area contributed by atoms with Gasteiger partial charge in [0.15, 0.2) is 0 Å². The number of hydrogen-bond donors (Lipinski definition) is 2. The standard InChI is InChI=1S/C19H33NO2/c1-8-13-20-17(21)12-10-9-11-16(19(5,6)7)18(22)15(4)14(2)3/h9,11,14,22H,4,8,10,12-13H2,1-3,5-7H3,(H,20,21)/b11-9+,18-16-. The van der Waals surface area contributed by atoms with Gasteiger partial charge in [-0.25, -0.2) is 0 Å². The quantitative estimate of drug-likeness (QED) is 0.494. The molecule has 1 amide bonds. The molecule has 3 heteroatoms. The molecule has 0 aliphatic heterocycles. The average Bonchev–Trinajstić information content (AvgIpc) is 2.41. The number of carbonyl (C=O) groups excluding carboxylic acids is 1. The summed E-state index contributed by atoms with van der Waals surface area (Å²) in [5, 5.41) is 13.3. The van der Waals surface area contributed by atoms with E-state index in [0.717, 1.165) is 24.1 Å². The fourth-order valence-electron chi connectivity index (χ4n) is 1.90. The minimum atomic E-state index is -0.178. The third-order valence-corrected chi connectivity index (χ3v) is 3.46. The van der Waals surface area contributed by atoms with Crippen molar-refractivity contribution in [2.45, 2.75) is 60.8 Å².